The molecule has 0 atom stereocenters. The van der Waals surface area contributed by atoms with E-state index in [2.05, 4.69) is 0 Å². The van der Waals surface area contributed by atoms with E-state index in [1.54, 1.807) is 12.1 Å². The molecule has 6 heteroatoms. The summed E-state index contributed by atoms with van der Waals surface area (Å²) >= 11 is 0. The average molecular weight is 368 g/mol. The molecule has 148 valence electrons. The van der Waals surface area contributed by atoms with Crippen LogP contribution in [0.4, 0.5) is 0 Å². The van der Waals surface area contributed by atoms with Gasteiger partial charge in [0.25, 0.3) is 0 Å². The maximum atomic E-state index is 11.8. The molecule has 0 aliphatic carbocycles. The van der Waals surface area contributed by atoms with E-state index in [-0.39, 0.29) is 11.5 Å². The van der Waals surface area contributed by atoms with Gasteiger partial charge in [-0.2, -0.15) is 0 Å². The first kappa shape index (κ1) is 22.6. The summed E-state index contributed by atoms with van der Waals surface area (Å²) in [5.74, 6) is 0.479. The Hall–Kier alpha value is -1.47. The Morgan fingerprint density at radius 1 is 0.808 bits per heavy atom. The molecule has 0 bridgehead atoms. The lowest BCUT2D eigenvalue weighted by Crippen LogP contribution is -2.12. The molecule has 1 rings (SSSR count). The fourth-order valence-corrected chi connectivity index (χ4v) is 2.27. The van der Waals surface area contributed by atoms with Crippen LogP contribution in [0.25, 0.3) is 0 Å². The largest absolute Gasteiger partial charge is 0.508 e. The molecule has 0 amide bonds. The number of rotatable bonds is 17. The van der Waals surface area contributed by atoms with Gasteiger partial charge in [-0.1, -0.05) is 12.1 Å². The summed E-state index contributed by atoms with van der Waals surface area (Å²) in [7, 11) is 0. The van der Waals surface area contributed by atoms with Crippen molar-refractivity contribution in [3.63, 3.8) is 0 Å². The van der Waals surface area contributed by atoms with Crippen molar-refractivity contribution in [2.45, 2.75) is 32.6 Å². The molecule has 0 saturated heterocycles. The van der Waals surface area contributed by atoms with Crippen molar-refractivity contribution >= 4 is 5.78 Å². The highest BCUT2D eigenvalue weighted by molar-refractivity contribution is 5.78. The first-order valence-electron chi connectivity index (χ1n) is 9.33. The minimum Gasteiger partial charge on any atom is -0.508 e. The van der Waals surface area contributed by atoms with Crippen LogP contribution in [0.5, 0.6) is 5.75 Å². The number of aromatic hydroxyl groups is 1. The SMILES string of the molecule is CCOCCOCCOCCOCCC(=O)CCCc1ccc(O)cc1. The van der Waals surface area contributed by atoms with Gasteiger partial charge in [0.2, 0.25) is 0 Å². The molecule has 0 aliphatic heterocycles. The number of aryl methyl sites for hydroxylation is 1. The number of hydrogen-bond donors (Lipinski definition) is 1. The average Bonchev–Trinajstić information content (AvgIpc) is 2.64. The highest BCUT2D eigenvalue weighted by Crippen LogP contribution is 2.12. The van der Waals surface area contributed by atoms with E-state index < -0.39 is 0 Å². The number of phenolic OH excluding ortho intramolecular Hbond substituents is 1. The van der Waals surface area contributed by atoms with Crippen LogP contribution >= 0.6 is 0 Å². The number of carbonyl (C=O) groups excluding carboxylic acids is 1. The number of phenols is 1. The second-order valence-corrected chi connectivity index (χ2v) is 5.84. The number of Topliss-reactive ketones (excluding diaryl/α,β-unsaturated/α-hetero) is 1. The van der Waals surface area contributed by atoms with E-state index in [9.17, 15) is 9.90 Å². The normalized spacial score (nSPS) is 11.0. The molecule has 0 radical (unpaired) electrons. The summed E-state index contributed by atoms with van der Waals surface area (Å²) in [4.78, 5) is 11.8. The summed E-state index contributed by atoms with van der Waals surface area (Å²) in [6, 6.07) is 7.10. The second kappa shape index (κ2) is 15.8. The fourth-order valence-electron chi connectivity index (χ4n) is 2.27. The Morgan fingerprint density at radius 3 is 1.92 bits per heavy atom. The lowest BCUT2D eigenvalue weighted by Gasteiger charge is -2.07. The van der Waals surface area contributed by atoms with E-state index in [4.69, 9.17) is 18.9 Å². The molecule has 0 unspecified atom stereocenters. The topological polar surface area (TPSA) is 74.2 Å². The van der Waals surface area contributed by atoms with Crippen molar-refractivity contribution in [2.24, 2.45) is 0 Å². The minimum absolute atomic E-state index is 0.215. The minimum atomic E-state index is 0.215. The Labute approximate surface area is 156 Å². The predicted molar refractivity (Wildman–Crippen MR) is 99.6 cm³/mol. The standard InChI is InChI=1S/C20H32O6/c1-2-23-12-13-25-16-17-26-15-14-24-11-10-19(21)5-3-4-18-6-8-20(22)9-7-18/h6-9,22H,2-5,10-17H2,1H3. The van der Waals surface area contributed by atoms with Crippen LogP contribution in [0.1, 0.15) is 31.7 Å². The monoisotopic (exact) mass is 368 g/mol. The first-order valence-corrected chi connectivity index (χ1v) is 9.33. The maximum absolute atomic E-state index is 11.8. The van der Waals surface area contributed by atoms with Crippen molar-refractivity contribution in [2.75, 3.05) is 52.9 Å². The maximum Gasteiger partial charge on any atom is 0.135 e. The molecule has 0 aliphatic rings. The highest BCUT2D eigenvalue weighted by atomic mass is 16.6. The predicted octanol–water partition coefficient (Wildman–Crippen LogP) is 2.76. The number of hydrogen-bond acceptors (Lipinski definition) is 6. The third kappa shape index (κ3) is 12.8. The number of ketones is 1. The zero-order chi connectivity index (χ0) is 18.9. The van der Waals surface area contributed by atoms with E-state index in [1.807, 2.05) is 19.1 Å². The van der Waals surface area contributed by atoms with Crippen molar-refractivity contribution in [3.05, 3.63) is 29.8 Å². The van der Waals surface area contributed by atoms with Crippen LogP contribution in [0.2, 0.25) is 0 Å². The van der Waals surface area contributed by atoms with Crippen LogP contribution in [0.3, 0.4) is 0 Å². The lowest BCUT2D eigenvalue weighted by molar-refractivity contribution is -0.120. The van der Waals surface area contributed by atoms with Crippen molar-refractivity contribution in [3.8, 4) is 5.75 Å². The molecular weight excluding hydrogens is 336 g/mol. The van der Waals surface area contributed by atoms with Crippen molar-refractivity contribution in [1.29, 1.82) is 0 Å². The molecule has 0 fully saturated rings. The van der Waals surface area contributed by atoms with Crippen LogP contribution in [-0.2, 0) is 30.2 Å². The molecule has 0 aromatic heterocycles. The molecule has 1 N–H and O–H groups in total. The van der Waals surface area contributed by atoms with Crippen LogP contribution < -0.4 is 0 Å². The van der Waals surface area contributed by atoms with Crippen LogP contribution in [-0.4, -0.2) is 63.7 Å². The van der Waals surface area contributed by atoms with Gasteiger partial charge in [-0.3, -0.25) is 4.79 Å². The van der Waals surface area contributed by atoms with Crippen molar-refractivity contribution < 1.29 is 28.8 Å². The Bertz CT molecular complexity index is 460. The van der Waals surface area contributed by atoms with E-state index in [0.717, 1.165) is 18.4 Å². The molecule has 0 heterocycles. The molecule has 1 aromatic rings. The lowest BCUT2D eigenvalue weighted by atomic mass is 10.1. The quantitative estimate of drug-likeness (QED) is 0.426. The van der Waals surface area contributed by atoms with Crippen LogP contribution in [0, 0.1) is 0 Å². The van der Waals surface area contributed by atoms with Gasteiger partial charge in [-0.05, 0) is 37.5 Å². The van der Waals surface area contributed by atoms with Gasteiger partial charge in [-0.15, -0.1) is 0 Å². The summed E-state index contributed by atoms with van der Waals surface area (Å²) in [6.45, 7) is 6.37. The van der Waals surface area contributed by atoms with Gasteiger partial charge in [0.15, 0.2) is 0 Å². The summed E-state index contributed by atoms with van der Waals surface area (Å²) in [5, 5.41) is 9.22. The molecule has 6 nitrogen and oxygen atoms in total. The zero-order valence-corrected chi connectivity index (χ0v) is 15.8. The number of carbonyl (C=O) groups is 1. The molecule has 0 saturated carbocycles. The first-order chi connectivity index (χ1) is 12.7. The highest BCUT2D eigenvalue weighted by Gasteiger charge is 2.03. The summed E-state index contributed by atoms with van der Waals surface area (Å²) < 4.78 is 21.3. The van der Waals surface area contributed by atoms with Crippen molar-refractivity contribution in [1.82, 2.24) is 0 Å². The zero-order valence-electron chi connectivity index (χ0n) is 15.8. The molecule has 1 aromatic carbocycles. The third-order valence-electron chi connectivity index (χ3n) is 3.70. The molecule has 0 spiro atoms. The molecular formula is C20H32O6. The van der Waals surface area contributed by atoms with Crippen LogP contribution in [0.15, 0.2) is 24.3 Å². The van der Waals surface area contributed by atoms with Gasteiger partial charge >= 0.3 is 0 Å². The van der Waals surface area contributed by atoms with Gasteiger partial charge < -0.3 is 24.1 Å². The van der Waals surface area contributed by atoms with Gasteiger partial charge in [0.1, 0.15) is 11.5 Å². The second-order valence-electron chi connectivity index (χ2n) is 5.84. The van der Waals surface area contributed by atoms with Gasteiger partial charge in [0.05, 0.1) is 46.2 Å². The molecule has 26 heavy (non-hydrogen) atoms. The summed E-state index contributed by atoms with van der Waals surface area (Å²) in [5.41, 5.74) is 1.13. The number of benzene rings is 1. The third-order valence-corrected chi connectivity index (χ3v) is 3.70. The van der Waals surface area contributed by atoms with E-state index >= 15 is 0 Å². The Kier molecular flexibility index (Phi) is 13.7. The van der Waals surface area contributed by atoms with Gasteiger partial charge in [-0.25, -0.2) is 0 Å². The fraction of sp³-hybridized carbons (Fsp3) is 0.650. The van der Waals surface area contributed by atoms with E-state index in [1.165, 1.54) is 0 Å². The van der Waals surface area contributed by atoms with E-state index in [0.29, 0.717) is 65.7 Å². The smallest absolute Gasteiger partial charge is 0.135 e. The van der Waals surface area contributed by atoms with Gasteiger partial charge in [0, 0.05) is 19.4 Å². The Balaban J connectivity index is 1.84. The number of ether oxygens (including phenoxy) is 4. The summed E-state index contributed by atoms with van der Waals surface area (Å²) in [6.07, 6.45) is 2.65. The Morgan fingerprint density at radius 2 is 1.35 bits per heavy atom.